The molecule has 0 bridgehead atoms. The molecule has 0 saturated carbocycles. The van der Waals surface area contributed by atoms with Crippen molar-refractivity contribution in [3.05, 3.63) is 0 Å². The molecular formula is C13H22N6O7S. The number of carboxylic acid groups (broad SMARTS) is 1. The highest BCUT2D eigenvalue weighted by atomic mass is 32.1. The monoisotopic (exact) mass is 406 g/mol. The third kappa shape index (κ3) is 10.0. The molecule has 0 saturated heterocycles. The van der Waals surface area contributed by atoms with Crippen LogP contribution in [-0.4, -0.2) is 71.0 Å². The second-order valence-corrected chi connectivity index (χ2v) is 5.73. The lowest BCUT2D eigenvalue weighted by molar-refractivity contribution is -0.141. The number of carbonyl (C=O) groups is 6. The standard InChI is InChI=1S/C13H22N6O7S/c14-5(1-8(15)20)11(23)19-6(2-9(16)21)12(24)17-3-10(22)18-7(4-27)13(25)26/h5-7,27H,1-4,14H2,(H2,15,20)(H2,16,21)(H,17,24)(H,18,22)(H,19,23)(H,25,26). The minimum atomic E-state index is -1.46. The van der Waals surface area contributed by atoms with E-state index in [4.69, 9.17) is 22.3 Å². The van der Waals surface area contributed by atoms with E-state index in [2.05, 4.69) is 28.6 Å². The average Bonchev–Trinajstić information content (AvgIpc) is 2.55. The highest BCUT2D eigenvalue weighted by Crippen LogP contribution is 1.96. The third-order valence-electron chi connectivity index (χ3n) is 3.04. The number of nitrogens with one attached hydrogen (secondary N) is 3. The van der Waals surface area contributed by atoms with Gasteiger partial charge in [-0.25, -0.2) is 4.79 Å². The fourth-order valence-electron chi connectivity index (χ4n) is 1.72. The zero-order chi connectivity index (χ0) is 21.1. The summed E-state index contributed by atoms with van der Waals surface area (Å²) in [5.74, 6) is -5.97. The van der Waals surface area contributed by atoms with Gasteiger partial charge in [0.25, 0.3) is 0 Å². The van der Waals surface area contributed by atoms with Crippen LogP contribution in [0.2, 0.25) is 0 Å². The van der Waals surface area contributed by atoms with Gasteiger partial charge in [0.15, 0.2) is 0 Å². The van der Waals surface area contributed by atoms with E-state index in [9.17, 15) is 28.8 Å². The molecule has 0 rings (SSSR count). The summed E-state index contributed by atoms with van der Waals surface area (Å²) in [5.41, 5.74) is 15.4. The van der Waals surface area contributed by atoms with Crippen LogP contribution in [0, 0.1) is 0 Å². The second kappa shape index (κ2) is 11.7. The molecule has 0 aromatic heterocycles. The Morgan fingerprint density at radius 3 is 1.89 bits per heavy atom. The molecule has 14 heteroatoms. The molecule has 5 amide bonds. The molecule has 13 nitrogen and oxygen atoms in total. The predicted octanol–water partition coefficient (Wildman–Crippen LogP) is -4.84. The SMILES string of the molecule is NC(=O)CC(N)C(=O)NC(CC(N)=O)C(=O)NCC(=O)NC(CS)C(=O)O. The Balaban J connectivity index is 4.80. The summed E-state index contributed by atoms with van der Waals surface area (Å²) in [6.07, 6.45) is -1.09. The van der Waals surface area contributed by atoms with Crippen LogP contribution >= 0.6 is 12.6 Å². The highest BCUT2D eigenvalue weighted by Gasteiger charge is 2.27. The van der Waals surface area contributed by atoms with Crippen LogP contribution in [-0.2, 0) is 28.8 Å². The van der Waals surface area contributed by atoms with E-state index < -0.39 is 73.0 Å². The van der Waals surface area contributed by atoms with Crippen molar-refractivity contribution >= 4 is 48.1 Å². The number of thiol groups is 1. The maximum absolute atomic E-state index is 12.1. The van der Waals surface area contributed by atoms with Crippen molar-refractivity contribution in [2.75, 3.05) is 12.3 Å². The Morgan fingerprint density at radius 2 is 1.44 bits per heavy atom. The van der Waals surface area contributed by atoms with Crippen molar-refractivity contribution in [3.8, 4) is 0 Å². The van der Waals surface area contributed by atoms with Gasteiger partial charge in [-0.1, -0.05) is 0 Å². The van der Waals surface area contributed by atoms with Crippen LogP contribution < -0.4 is 33.2 Å². The lowest BCUT2D eigenvalue weighted by atomic mass is 10.1. The summed E-state index contributed by atoms with van der Waals surface area (Å²) in [5, 5.41) is 15.1. The van der Waals surface area contributed by atoms with Gasteiger partial charge < -0.3 is 38.3 Å². The molecule has 0 radical (unpaired) electrons. The first kappa shape index (κ1) is 24.1. The Labute approximate surface area is 159 Å². The number of nitrogens with two attached hydrogens (primary N) is 3. The van der Waals surface area contributed by atoms with Crippen molar-refractivity contribution < 1.29 is 33.9 Å². The summed E-state index contributed by atoms with van der Waals surface area (Å²) < 4.78 is 0. The summed E-state index contributed by atoms with van der Waals surface area (Å²) in [6.45, 7) is -0.630. The van der Waals surface area contributed by atoms with Crippen molar-refractivity contribution in [1.29, 1.82) is 0 Å². The number of rotatable bonds is 12. The average molecular weight is 406 g/mol. The number of primary amides is 2. The van der Waals surface area contributed by atoms with Gasteiger partial charge >= 0.3 is 5.97 Å². The van der Waals surface area contributed by atoms with Gasteiger partial charge in [0.05, 0.1) is 25.4 Å². The van der Waals surface area contributed by atoms with Crippen LogP contribution in [0.3, 0.4) is 0 Å². The molecule has 3 unspecified atom stereocenters. The van der Waals surface area contributed by atoms with E-state index in [0.29, 0.717) is 0 Å². The molecule has 0 aliphatic carbocycles. The lowest BCUT2D eigenvalue weighted by Gasteiger charge is -2.19. The maximum atomic E-state index is 12.1. The fourth-order valence-corrected chi connectivity index (χ4v) is 1.97. The van der Waals surface area contributed by atoms with Gasteiger partial charge in [-0.15, -0.1) is 0 Å². The van der Waals surface area contributed by atoms with E-state index in [-0.39, 0.29) is 5.75 Å². The van der Waals surface area contributed by atoms with Crippen molar-refractivity contribution in [1.82, 2.24) is 16.0 Å². The van der Waals surface area contributed by atoms with Crippen LogP contribution in [0.4, 0.5) is 0 Å². The molecule has 0 aliphatic rings. The lowest BCUT2D eigenvalue weighted by Crippen LogP contribution is -2.55. The third-order valence-corrected chi connectivity index (χ3v) is 3.40. The first-order valence-electron chi connectivity index (χ1n) is 7.51. The summed E-state index contributed by atoms with van der Waals surface area (Å²) in [7, 11) is 0. The number of carboxylic acids is 1. The first-order chi connectivity index (χ1) is 12.5. The largest absolute Gasteiger partial charge is 0.480 e. The number of hydrogen-bond acceptors (Lipinski definition) is 8. The highest BCUT2D eigenvalue weighted by molar-refractivity contribution is 7.80. The zero-order valence-corrected chi connectivity index (χ0v) is 15.0. The number of hydrogen-bond donors (Lipinski definition) is 8. The zero-order valence-electron chi connectivity index (χ0n) is 14.1. The van der Waals surface area contributed by atoms with Gasteiger partial charge in [-0.2, -0.15) is 12.6 Å². The van der Waals surface area contributed by atoms with Gasteiger partial charge in [0.2, 0.25) is 29.5 Å². The Hall–Kier alpha value is -2.87. The van der Waals surface area contributed by atoms with Gasteiger partial charge in [0, 0.05) is 5.75 Å². The Morgan fingerprint density at radius 1 is 0.889 bits per heavy atom. The Bertz CT molecular complexity index is 614. The van der Waals surface area contributed by atoms with Crippen LogP contribution in [0.1, 0.15) is 12.8 Å². The molecule has 0 aliphatic heterocycles. The topological polar surface area (TPSA) is 237 Å². The van der Waals surface area contributed by atoms with Crippen molar-refractivity contribution in [3.63, 3.8) is 0 Å². The van der Waals surface area contributed by atoms with E-state index in [1.807, 2.05) is 0 Å². The Kier molecular flexibility index (Phi) is 10.4. The van der Waals surface area contributed by atoms with Gasteiger partial charge in [-0.05, 0) is 0 Å². The normalized spacial score (nSPS) is 13.6. The predicted molar refractivity (Wildman–Crippen MR) is 94.0 cm³/mol. The molecule has 27 heavy (non-hydrogen) atoms. The summed E-state index contributed by atoms with van der Waals surface area (Å²) in [4.78, 5) is 68.2. The fraction of sp³-hybridized carbons (Fsp3) is 0.538. The minimum absolute atomic E-state index is 0.173. The molecule has 0 spiro atoms. The molecule has 0 heterocycles. The number of carbonyl (C=O) groups excluding carboxylic acids is 5. The van der Waals surface area contributed by atoms with Crippen molar-refractivity contribution in [2.45, 2.75) is 31.0 Å². The first-order valence-corrected chi connectivity index (χ1v) is 8.14. The second-order valence-electron chi connectivity index (χ2n) is 5.37. The minimum Gasteiger partial charge on any atom is -0.480 e. The van der Waals surface area contributed by atoms with E-state index in [0.717, 1.165) is 0 Å². The van der Waals surface area contributed by atoms with E-state index in [1.54, 1.807) is 0 Å². The van der Waals surface area contributed by atoms with E-state index >= 15 is 0 Å². The molecular weight excluding hydrogens is 384 g/mol. The molecule has 152 valence electrons. The van der Waals surface area contributed by atoms with E-state index in [1.165, 1.54) is 0 Å². The quantitative estimate of drug-likeness (QED) is 0.146. The molecule has 10 N–H and O–H groups in total. The molecule has 0 aromatic carbocycles. The van der Waals surface area contributed by atoms with Crippen LogP contribution in [0.15, 0.2) is 0 Å². The molecule has 0 aromatic rings. The summed E-state index contributed by atoms with van der Waals surface area (Å²) in [6, 6.07) is -4.06. The smallest absolute Gasteiger partial charge is 0.327 e. The number of amides is 5. The van der Waals surface area contributed by atoms with Crippen molar-refractivity contribution in [2.24, 2.45) is 17.2 Å². The van der Waals surface area contributed by atoms with Crippen LogP contribution in [0.25, 0.3) is 0 Å². The molecule has 0 fully saturated rings. The van der Waals surface area contributed by atoms with Gasteiger partial charge in [0.1, 0.15) is 12.1 Å². The molecule has 3 atom stereocenters. The van der Waals surface area contributed by atoms with Crippen LogP contribution in [0.5, 0.6) is 0 Å². The number of aliphatic carboxylic acids is 1. The summed E-state index contributed by atoms with van der Waals surface area (Å²) >= 11 is 3.76. The maximum Gasteiger partial charge on any atom is 0.327 e. The van der Waals surface area contributed by atoms with Gasteiger partial charge in [-0.3, -0.25) is 24.0 Å².